The van der Waals surface area contributed by atoms with Crippen molar-refractivity contribution >= 4 is 139 Å². The van der Waals surface area contributed by atoms with E-state index in [0.717, 1.165) is 62.6 Å². The van der Waals surface area contributed by atoms with Crippen LogP contribution in [0.5, 0.6) is 28.7 Å². The lowest BCUT2D eigenvalue weighted by molar-refractivity contribution is -0.147. The average molecular weight is 1910 g/mol. The van der Waals surface area contributed by atoms with Crippen molar-refractivity contribution in [2.45, 2.75) is 83.1 Å². The molecule has 684 valence electrons. The number of rotatable bonds is 33. The molecule has 6 amide bonds. The van der Waals surface area contributed by atoms with Crippen molar-refractivity contribution < 1.29 is 112 Å². The zero-order chi connectivity index (χ0) is 92.7. The smallest absolute Gasteiger partial charge is 0.493 e. The molecule has 0 radical (unpaired) electrons. The van der Waals surface area contributed by atoms with E-state index in [2.05, 4.69) is 30.6 Å². The zero-order valence-electron chi connectivity index (χ0n) is 70.1. The Hall–Kier alpha value is -10.6. The van der Waals surface area contributed by atoms with Gasteiger partial charge in [-0.25, -0.2) is 35.3 Å². The minimum Gasteiger partial charge on any atom is -0.493 e. The minimum absolute atomic E-state index is 0.0244. The second-order valence-corrected chi connectivity index (χ2v) is 32.2. The molecule has 3 aliphatic rings. The van der Waals surface area contributed by atoms with Gasteiger partial charge in [-0.3, -0.25) is 24.0 Å². The van der Waals surface area contributed by atoms with Gasteiger partial charge in [-0.05, 0) is 151 Å². The Kier molecular flexibility index (Phi) is 39.8. The maximum absolute atomic E-state index is 13.5. The van der Waals surface area contributed by atoms with Crippen LogP contribution in [0.1, 0.15) is 92.6 Å². The first-order chi connectivity index (χ1) is 60.7. The van der Waals surface area contributed by atoms with Gasteiger partial charge in [-0.15, -0.1) is 0 Å². The van der Waals surface area contributed by atoms with Gasteiger partial charge < -0.3 is 87.8 Å². The molecule has 1 unspecified atom stereocenters. The summed E-state index contributed by atoms with van der Waals surface area (Å²) in [6, 6.07) is 29.6. The molecule has 10 rings (SSSR count). The molecule has 4 atom stereocenters. The number of carbonyl (C=O) groups is 9. The Balaban J connectivity index is 0.000000238. The second-order valence-electron chi connectivity index (χ2n) is 28.1. The topological polar surface area (TPSA) is 349 Å². The van der Waals surface area contributed by atoms with Gasteiger partial charge in [0.05, 0.1) is 100 Å². The number of esters is 3. The zero-order valence-corrected chi connectivity index (χ0v) is 75.5. The van der Waals surface area contributed by atoms with E-state index in [1.165, 1.54) is 45.9 Å². The van der Waals surface area contributed by atoms with Crippen LogP contribution in [0.3, 0.4) is 0 Å². The van der Waals surface area contributed by atoms with Crippen LogP contribution >= 0.6 is 69.6 Å². The number of ether oxygens (including phenoxy) is 10. The van der Waals surface area contributed by atoms with Crippen LogP contribution in [0.4, 0.5) is 33.2 Å². The van der Waals surface area contributed by atoms with E-state index in [1.54, 1.807) is 96.9 Å². The first kappa shape index (κ1) is 102. The predicted molar refractivity (Wildman–Crippen MR) is 469 cm³/mol. The number of morpholine rings is 2. The van der Waals surface area contributed by atoms with Crippen molar-refractivity contribution in [2.75, 3.05) is 144 Å². The van der Waals surface area contributed by atoms with E-state index in [1.807, 2.05) is 33.8 Å². The second kappa shape index (κ2) is 49.6. The van der Waals surface area contributed by atoms with Crippen LogP contribution in [0.25, 0.3) is 4.85 Å². The summed E-state index contributed by atoms with van der Waals surface area (Å²) in [5.41, 5.74) is -2.45. The first-order valence-corrected chi connectivity index (χ1v) is 43.6. The monoisotopic (exact) mass is 1900 g/mol. The highest BCUT2D eigenvalue weighted by Gasteiger charge is 2.46. The fourth-order valence-corrected chi connectivity index (χ4v) is 15.0. The third kappa shape index (κ3) is 29.7. The lowest BCUT2D eigenvalue weighted by Crippen LogP contribution is -2.44. The highest BCUT2D eigenvalue weighted by Crippen LogP contribution is 2.40. The molecule has 4 N–H and O–H groups in total. The van der Waals surface area contributed by atoms with Gasteiger partial charge in [-0.1, -0.05) is 140 Å². The number of nitrogens with zero attached hydrogens (tertiary/aromatic N) is 6. The summed E-state index contributed by atoms with van der Waals surface area (Å²) in [6.07, 6.45) is -1.20. The van der Waals surface area contributed by atoms with Gasteiger partial charge in [0.25, 0.3) is 17.7 Å². The van der Waals surface area contributed by atoms with Gasteiger partial charge in [0.2, 0.25) is 6.54 Å². The molecule has 41 heteroatoms. The Labute approximate surface area is 762 Å². The summed E-state index contributed by atoms with van der Waals surface area (Å²) in [7, 11) is -1.53. The van der Waals surface area contributed by atoms with Crippen molar-refractivity contribution in [1.29, 1.82) is 0 Å². The van der Waals surface area contributed by atoms with E-state index in [9.17, 15) is 64.7 Å². The molecule has 7 aromatic carbocycles. The maximum atomic E-state index is 13.5. The summed E-state index contributed by atoms with van der Waals surface area (Å²) >= 11 is 37.7. The van der Waals surface area contributed by atoms with Crippen LogP contribution in [0.15, 0.2) is 133 Å². The van der Waals surface area contributed by atoms with Crippen molar-refractivity contribution in [3.8, 4) is 28.7 Å². The summed E-state index contributed by atoms with van der Waals surface area (Å²) in [4.78, 5) is 128. The highest BCUT2D eigenvalue weighted by molar-refractivity contribution is 7.93. The normalized spacial score (nSPS) is 14.4. The number of hydrogen-bond acceptors (Lipinski definition) is 23. The van der Waals surface area contributed by atoms with E-state index in [-0.39, 0.29) is 98.1 Å². The Morgan fingerprint density at radius 1 is 0.496 bits per heavy atom. The van der Waals surface area contributed by atoms with Crippen molar-refractivity contribution in [3.63, 3.8) is 0 Å². The third-order valence-corrected chi connectivity index (χ3v) is 23.0. The molecule has 7 aromatic rings. The van der Waals surface area contributed by atoms with Gasteiger partial charge >= 0.3 is 51.7 Å². The number of sulfonamides is 1. The number of carbonyl (C=O) groups excluding carboxylic acids is 9. The van der Waals surface area contributed by atoms with E-state index in [0.29, 0.717) is 107 Å². The molecular weight excluding hydrogens is 1810 g/mol. The molecule has 0 spiro atoms. The van der Waals surface area contributed by atoms with Gasteiger partial charge in [0.1, 0.15) is 37.4 Å². The predicted octanol–water partition coefficient (Wildman–Crippen LogP) is 13.9. The van der Waals surface area contributed by atoms with Crippen LogP contribution in [0, 0.1) is 6.57 Å². The maximum Gasteiger partial charge on any atom is 0.516 e. The van der Waals surface area contributed by atoms with Gasteiger partial charge in [0.15, 0.2) is 28.7 Å². The minimum atomic E-state index is -5.70. The average Bonchev–Trinajstić information content (AvgIpc) is 0.776. The number of alkyl halides is 3. The molecule has 3 heterocycles. The molecule has 127 heavy (non-hydrogen) atoms. The fraction of sp³-hybridized carbons (Fsp3) is 0.395. The molecule has 31 nitrogen and oxygen atoms in total. The molecule has 0 aliphatic carbocycles. The Morgan fingerprint density at radius 3 is 1.26 bits per heavy atom. The molecule has 3 aliphatic heterocycles. The van der Waals surface area contributed by atoms with Crippen LogP contribution in [0.2, 0.25) is 30.1 Å². The van der Waals surface area contributed by atoms with Crippen LogP contribution in [-0.4, -0.2) is 250 Å². The Morgan fingerprint density at radius 2 is 0.890 bits per heavy atom. The number of fused-ring (bicyclic) bond motifs is 1. The number of hydrogen-bond donors (Lipinski definition) is 4. The summed E-state index contributed by atoms with van der Waals surface area (Å²) < 4.78 is 115. The van der Waals surface area contributed by atoms with Crippen molar-refractivity contribution in [1.82, 2.24) is 40.4 Å². The van der Waals surface area contributed by atoms with Gasteiger partial charge in [-0.2, -0.15) is 21.6 Å². The molecule has 2 saturated heterocycles. The van der Waals surface area contributed by atoms with E-state index in [4.69, 9.17) is 124 Å². The number of amides is 6. The van der Waals surface area contributed by atoms with E-state index >= 15 is 0 Å². The third-order valence-electron chi connectivity index (χ3n) is 20.0. The summed E-state index contributed by atoms with van der Waals surface area (Å²) in [6.45, 7) is 24.0. The largest absolute Gasteiger partial charge is 0.516 e. The summed E-state index contributed by atoms with van der Waals surface area (Å²) in [5.74, 6) is -2.48. The first-order valence-electron chi connectivity index (χ1n) is 39.8. The number of anilines is 1. The summed E-state index contributed by atoms with van der Waals surface area (Å²) in [5, 5.41) is 8.42. The molecule has 0 saturated carbocycles. The number of nitrogens with one attached hydrogen (secondary N) is 4. The SMILES string of the molecule is CCN(CC)CCOC(=O)[C@H](Cc1ccc(OC(=O)N2CCOCC2)c(Cl)c1)NC(=O)c1ccccc1Cl.COC(=O)[C@H](Cc1ccc(OC(=O)N2CCOCC2)c(Cl)c1)NC(=O)c1ccc(NS(=O)(=O)C(F)(F)F)cc1Cl.[C-]#[N+]CC1c2cc(OC)c(OC)cc2CCN1C(=O)Oc1ccc(C[C@H](NC(=O)c2ccccc2Cl)C(=O)OCCN(CC)CC)cc1Cl. The molecule has 0 bridgehead atoms. The molecular formula is C86H95Cl6F3N10O21S. The fourth-order valence-electron chi connectivity index (χ4n) is 13.0. The number of likely N-dealkylation sites (N-methyl/N-ethyl adjacent to an activating group) is 2. The number of benzene rings is 7. The highest BCUT2D eigenvalue weighted by atomic mass is 35.5. The lowest BCUT2D eigenvalue weighted by atomic mass is 9.92. The van der Waals surface area contributed by atoms with Crippen molar-refractivity contribution in [3.05, 3.63) is 220 Å². The van der Waals surface area contributed by atoms with Crippen LogP contribution < -0.4 is 44.4 Å². The molecule has 0 aromatic heterocycles. The number of methoxy groups -OCH3 is 3. The van der Waals surface area contributed by atoms with Crippen LogP contribution in [-0.2, 0) is 73.8 Å². The van der Waals surface area contributed by atoms with E-state index < -0.39 is 104 Å². The quantitative estimate of drug-likeness (QED) is 0.0169. The van der Waals surface area contributed by atoms with Crippen molar-refractivity contribution in [2.24, 2.45) is 0 Å². The molecule has 2 fully saturated rings. The Bertz CT molecular complexity index is 5180. The number of halogens is 9. The standard InChI is InChI=1S/C36H40Cl2N4O7.C27H33Cl2N3O6.C23H22Cl2F3N3O8S/c1-6-41(7-2)16-17-48-35(44)29(40-34(43)25-10-8-9-11-27(25)37)19-23-12-13-31(28(38)18-23)49-36(45)42-15-14-24-20-32(46-4)33(47-5)21-26(24)30(42)22-39-3;1-3-31(4-2)11-16-37-26(34)23(30-25(33)20-7-5-6-8-21(20)28)18-19-9-10-24(22(29)17-19)38-27(35)32-12-14-36-15-13-32;1-37-21(33)18(11-13-2-5-19(17(25)10-13)39-22(34)31-6-8-38-9-7-31)29-20(32)15-4-3-14(12-16(15)24)30-40(35,36)23(26,27)28/h8-13,18,20-21,29-30H,6-7,14-17,19,22H2,1-2,4-5H3,(H,40,43);5-10,17,23H,3-4,11-16,18H2,1-2H3,(H,30,33);2-5,10,12,18,30H,6-9,11H2,1H3,(H,29,32)/t29-,30?;23-;18-/m000/s1. The van der Waals surface area contributed by atoms with Gasteiger partial charge in [0, 0.05) is 65.1 Å². The lowest BCUT2D eigenvalue weighted by Gasteiger charge is -2.34.